The summed E-state index contributed by atoms with van der Waals surface area (Å²) in [6, 6.07) is 68.3. The summed E-state index contributed by atoms with van der Waals surface area (Å²) in [5, 5.41) is 4.74. The lowest BCUT2D eigenvalue weighted by Crippen LogP contribution is -2.00. The Morgan fingerprint density at radius 1 is 0.321 bits per heavy atom. The molecule has 0 spiro atoms. The first-order valence-electron chi connectivity index (χ1n) is 17.9. The van der Waals surface area contributed by atoms with Crippen molar-refractivity contribution >= 4 is 32.6 Å². The van der Waals surface area contributed by atoms with Crippen molar-refractivity contribution in [3.8, 4) is 62.1 Å². The van der Waals surface area contributed by atoms with Crippen molar-refractivity contribution in [1.82, 2.24) is 19.5 Å². The number of rotatable bonds is 6. The van der Waals surface area contributed by atoms with Crippen LogP contribution < -0.4 is 0 Å². The van der Waals surface area contributed by atoms with Crippen LogP contribution in [-0.2, 0) is 0 Å². The maximum Gasteiger partial charge on any atom is 0.164 e. The summed E-state index contributed by atoms with van der Waals surface area (Å²) in [6.07, 6.45) is 0. The summed E-state index contributed by atoms with van der Waals surface area (Å²) in [7, 11) is 0. The zero-order valence-electron chi connectivity index (χ0n) is 28.8. The van der Waals surface area contributed by atoms with Gasteiger partial charge in [-0.3, -0.25) is 0 Å². The summed E-state index contributed by atoms with van der Waals surface area (Å²) >= 11 is 0. The number of nitrogens with zero attached hydrogens (tertiary/aromatic N) is 4. The second kappa shape index (κ2) is 12.9. The van der Waals surface area contributed by atoms with E-state index in [-0.39, 0.29) is 0 Å². The van der Waals surface area contributed by atoms with Crippen LogP contribution >= 0.6 is 0 Å². The van der Waals surface area contributed by atoms with Gasteiger partial charge in [-0.15, -0.1) is 0 Å². The van der Waals surface area contributed by atoms with Gasteiger partial charge in [-0.25, -0.2) is 15.0 Å². The van der Waals surface area contributed by atoms with Crippen LogP contribution in [0.15, 0.2) is 194 Å². The van der Waals surface area contributed by atoms with Gasteiger partial charge in [-0.1, -0.05) is 152 Å². The molecule has 0 amide bonds. The molecule has 4 nitrogen and oxygen atoms in total. The van der Waals surface area contributed by atoms with Gasteiger partial charge in [-0.05, 0) is 75.5 Å². The Morgan fingerprint density at radius 2 is 0.849 bits per heavy atom. The minimum atomic E-state index is 0.645. The van der Waals surface area contributed by atoms with Crippen LogP contribution in [0.25, 0.3) is 94.7 Å². The standard InChI is InChI=1S/C49H32N4/c1-5-14-33(15-6-1)37-28-29-44-43(32-37)46-42(22-13-23-45(46)53(44)41-20-11-4-12-21-41)38-26-24-34-25-27-39(31-40(34)30-38)49-51-47(35-16-7-2-8-17-35)50-48(52-49)36-18-9-3-10-19-36/h1-32H. The first-order valence-corrected chi connectivity index (χ1v) is 17.9. The zero-order valence-corrected chi connectivity index (χ0v) is 28.8. The fourth-order valence-corrected chi connectivity index (χ4v) is 7.47. The molecule has 0 aliphatic heterocycles. The molecular formula is C49H32N4. The Hall–Kier alpha value is -7.17. The van der Waals surface area contributed by atoms with Crippen LogP contribution in [0.4, 0.5) is 0 Å². The highest BCUT2D eigenvalue weighted by Crippen LogP contribution is 2.41. The normalized spacial score (nSPS) is 11.4. The lowest BCUT2D eigenvalue weighted by atomic mass is 9.95. The van der Waals surface area contributed by atoms with Crippen molar-refractivity contribution in [3.05, 3.63) is 194 Å². The van der Waals surface area contributed by atoms with E-state index in [0.29, 0.717) is 17.5 Å². The predicted octanol–water partition coefficient (Wildman–Crippen LogP) is 12.5. The maximum absolute atomic E-state index is 5.00. The number of hydrogen-bond acceptors (Lipinski definition) is 3. The van der Waals surface area contributed by atoms with Crippen molar-refractivity contribution in [3.63, 3.8) is 0 Å². The number of benzene rings is 8. The molecule has 0 fully saturated rings. The summed E-state index contributed by atoms with van der Waals surface area (Å²) in [6.45, 7) is 0. The minimum absolute atomic E-state index is 0.645. The third kappa shape index (κ3) is 5.54. The highest BCUT2D eigenvalue weighted by molar-refractivity contribution is 6.17. The quantitative estimate of drug-likeness (QED) is 0.176. The van der Waals surface area contributed by atoms with E-state index in [4.69, 9.17) is 15.0 Å². The highest BCUT2D eigenvalue weighted by Gasteiger charge is 2.18. The molecule has 0 saturated heterocycles. The van der Waals surface area contributed by atoms with E-state index in [2.05, 4.69) is 138 Å². The molecule has 0 unspecified atom stereocenters. The van der Waals surface area contributed by atoms with E-state index in [1.165, 1.54) is 38.5 Å². The molecule has 4 heteroatoms. The van der Waals surface area contributed by atoms with E-state index < -0.39 is 0 Å². The molecule has 2 aromatic heterocycles. The van der Waals surface area contributed by atoms with Crippen LogP contribution in [0, 0.1) is 0 Å². The maximum atomic E-state index is 5.00. The van der Waals surface area contributed by atoms with Crippen molar-refractivity contribution < 1.29 is 0 Å². The summed E-state index contributed by atoms with van der Waals surface area (Å²) < 4.78 is 2.39. The minimum Gasteiger partial charge on any atom is -0.309 e. The molecule has 10 aromatic rings. The first kappa shape index (κ1) is 30.6. The molecule has 0 aliphatic rings. The third-order valence-electron chi connectivity index (χ3n) is 10.0. The van der Waals surface area contributed by atoms with Gasteiger partial charge in [0, 0.05) is 33.2 Å². The number of fused-ring (bicyclic) bond motifs is 4. The topological polar surface area (TPSA) is 43.6 Å². The van der Waals surface area contributed by atoms with Gasteiger partial charge in [-0.2, -0.15) is 0 Å². The van der Waals surface area contributed by atoms with Crippen LogP contribution in [0.1, 0.15) is 0 Å². The SMILES string of the molecule is c1ccc(-c2ccc3c(c2)c2c(-c4ccc5ccc(-c6nc(-c7ccccc7)nc(-c7ccccc7)n6)cc5c4)cccc2n3-c2ccccc2)cc1. The third-order valence-corrected chi connectivity index (χ3v) is 10.0. The van der Waals surface area contributed by atoms with Gasteiger partial charge in [0.15, 0.2) is 17.5 Å². The van der Waals surface area contributed by atoms with Crippen molar-refractivity contribution in [2.24, 2.45) is 0 Å². The van der Waals surface area contributed by atoms with E-state index >= 15 is 0 Å². The summed E-state index contributed by atoms with van der Waals surface area (Å²) in [5.74, 6) is 1.95. The molecule has 2 heterocycles. The molecule has 248 valence electrons. The number of para-hydroxylation sites is 1. The van der Waals surface area contributed by atoms with Crippen molar-refractivity contribution in [2.45, 2.75) is 0 Å². The predicted molar refractivity (Wildman–Crippen MR) is 219 cm³/mol. The lowest BCUT2D eigenvalue weighted by Gasteiger charge is -2.11. The first-order chi connectivity index (χ1) is 26.3. The summed E-state index contributed by atoms with van der Waals surface area (Å²) in [4.78, 5) is 14.9. The fraction of sp³-hybridized carbons (Fsp3) is 0. The van der Waals surface area contributed by atoms with Gasteiger partial charge >= 0.3 is 0 Å². The molecule has 0 N–H and O–H groups in total. The van der Waals surface area contributed by atoms with E-state index in [0.717, 1.165) is 38.7 Å². The molecule has 53 heavy (non-hydrogen) atoms. The summed E-state index contributed by atoms with van der Waals surface area (Å²) in [5.41, 5.74) is 11.1. The van der Waals surface area contributed by atoms with Crippen LogP contribution in [-0.4, -0.2) is 19.5 Å². The molecule has 0 aliphatic carbocycles. The Morgan fingerprint density at radius 3 is 1.49 bits per heavy atom. The lowest BCUT2D eigenvalue weighted by molar-refractivity contribution is 1.07. The second-order valence-corrected chi connectivity index (χ2v) is 13.3. The van der Waals surface area contributed by atoms with Gasteiger partial charge in [0.25, 0.3) is 0 Å². The van der Waals surface area contributed by atoms with E-state index in [9.17, 15) is 0 Å². The monoisotopic (exact) mass is 676 g/mol. The number of hydrogen-bond donors (Lipinski definition) is 0. The highest BCUT2D eigenvalue weighted by atomic mass is 15.0. The fourth-order valence-electron chi connectivity index (χ4n) is 7.47. The Bertz CT molecular complexity index is 2860. The van der Waals surface area contributed by atoms with E-state index in [1.807, 2.05) is 60.7 Å². The van der Waals surface area contributed by atoms with Crippen LogP contribution in [0.2, 0.25) is 0 Å². The molecule has 0 radical (unpaired) electrons. The molecular weight excluding hydrogens is 645 g/mol. The second-order valence-electron chi connectivity index (χ2n) is 13.3. The molecule has 0 atom stereocenters. The van der Waals surface area contributed by atoms with Gasteiger partial charge in [0.05, 0.1) is 11.0 Å². The Kier molecular flexibility index (Phi) is 7.43. The van der Waals surface area contributed by atoms with Gasteiger partial charge in [0.2, 0.25) is 0 Å². The average molecular weight is 677 g/mol. The Balaban J connectivity index is 1.16. The van der Waals surface area contributed by atoms with Gasteiger partial charge < -0.3 is 4.57 Å². The largest absolute Gasteiger partial charge is 0.309 e. The smallest absolute Gasteiger partial charge is 0.164 e. The van der Waals surface area contributed by atoms with Crippen LogP contribution in [0.3, 0.4) is 0 Å². The molecule has 10 rings (SSSR count). The van der Waals surface area contributed by atoms with Crippen LogP contribution in [0.5, 0.6) is 0 Å². The molecule has 0 saturated carbocycles. The van der Waals surface area contributed by atoms with E-state index in [1.54, 1.807) is 0 Å². The van der Waals surface area contributed by atoms with Crippen molar-refractivity contribution in [2.75, 3.05) is 0 Å². The Labute approximate surface area is 307 Å². The average Bonchev–Trinajstić information content (AvgIpc) is 3.58. The number of aromatic nitrogens is 4. The molecule has 8 aromatic carbocycles. The zero-order chi connectivity index (χ0) is 35.1. The molecule has 0 bridgehead atoms. The van der Waals surface area contributed by atoms with Crippen molar-refractivity contribution in [1.29, 1.82) is 0 Å². The van der Waals surface area contributed by atoms with Gasteiger partial charge in [0.1, 0.15) is 0 Å².